The number of amides is 2. The third kappa shape index (κ3) is 4.91. The maximum atomic E-state index is 12.8. The summed E-state index contributed by atoms with van der Waals surface area (Å²) in [5.41, 5.74) is 1.28. The smallest absolute Gasteiger partial charge is 0.352 e. The number of carboxylic acid groups (broad SMARTS) is 2. The molecule has 184 valence electrons. The van der Waals surface area contributed by atoms with Crippen LogP contribution in [-0.4, -0.2) is 76.6 Å². The molecule has 13 heteroatoms. The summed E-state index contributed by atoms with van der Waals surface area (Å²) >= 11 is 2.61. The number of fused-ring (bicyclic) bond motifs is 1. The van der Waals surface area contributed by atoms with Crippen molar-refractivity contribution in [2.45, 2.75) is 35.8 Å². The lowest BCUT2D eigenvalue weighted by Crippen LogP contribution is -2.70. The first-order valence-corrected chi connectivity index (χ1v) is 12.7. The zero-order valence-electron chi connectivity index (χ0n) is 18.9. The lowest BCUT2D eigenvalue weighted by molar-refractivity contribution is -0.150. The predicted molar refractivity (Wildman–Crippen MR) is 128 cm³/mol. The van der Waals surface area contributed by atoms with Gasteiger partial charge in [0.15, 0.2) is 5.16 Å². The highest BCUT2D eigenvalue weighted by atomic mass is 32.2. The average molecular weight is 518 g/mol. The van der Waals surface area contributed by atoms with Crippen LogP contribution in [0.25, 0.3) is 0 Å². The van der Waals surface area contributed by atoms with Gasteiger partial charge in [0, 0.05) is 18.6 Å². The van der Waals surface area contributed by atoms with Crippen molar-refractivity contribution in [3.05, 3.63) is 53.0 Å². The SMILES string of the molecule is CC(C(=O)O)c1nnc(SCC2=C(C(=O)O)N3C(=O)C(NC(=O)Cc4ccccc4)[C@H]3SC2)n1C. The molecule has 3 atom stereocenters. The lowest BCUT2D eigenvalue weighted by atomic mass is 10.0. The Hall–Kier alpha value is -3.32. The fraction of sp³-hybridized carbons (Fsp3) is 0.364. The van der Waals surface area contributed by atoms with Gasteiger partial charge in [0.25, 0.3) is 5.91 Å². The summed E-state index contributed by atoms with van der Waals surface area (Å²) in [6.45, 7) is 1.51. The van der Waals surface area contributed by atoms with Gasteiger partial charge in [-0.1, -0.05) is 42.1 Å². The summed E-state index contributed by atoms with van der Waals surface area (Å²) in [4.78, 5) is 49.8. The number of hydrogen-bond acceptors (Lipinski definition) is 8. The van der Waals surface area contributed by atoms with E-state index in [1.807, 2.05) is 30.3 Å². The Bertz CT molecular complexity index is 1210. The third-order valence-electron chi connectivity index (χ3n) is 5.78. The van der Waals surface area contributed by atoms with Crippen molar-refractivity contribution < 1.29 is 29.4 Å². The second-order valence-corrected chi connectivity index (χ2v) is 10.2. The quantitative estimate of drug-likeness (QED) is 0.325. The van der Waals surface area contributed by atoms with Crippen LogP contribution in [0.4, 0.5) is 0 Å². The standard InChI is InChI=1S/C22H23N5O6S2/c1-11(20(30)31)17-24-25-22(26(17)2)35-10-13-9-34-19-15(18(29)27(19)16(13)21(32)33)23-14(28)8-12-6-4-3-5-7-12/h3-7,11,15,19H,8-10H2,1-2H3,(H,23,28)(H,30,31)(H,32,33)/t11?,15?,19-/m1/s1. The van der Waals surface area contributed by atoms with Crippen LogP contribution < -0.4 is 5.32 Å². The van der Waals surface area contributed by atoms with Gasteiger partial charge in [0.05, 0.1) is 6.42 Å². The minimum atomic E-state index is -1.22. The number of rotatable bonds is 9. The van der Waals surface area contributed by atoms with E-state index in [2.05, 4.69) is 15.5 Å². The van der Waals surface area contributed by atoms with E-state index in [0.29, 0.717) is 16.5 Å². The average Bonchev–Trinajstić information content (AvgIpc) is 3.20. The monoisotopic (exact) mass is 517 g/mol. The number of hydrogen-bond donors (Lipinski definition) is 3. The van der Waals surface area contributed by atoms with Gasteiger partial charge in [-0.15, -0.1) is 22.0 Å². The maximum absolute atomic E-state index is 12.8. The highest BCUT2D eigenvalue weighted by Crippen LogP contribution is 2.41. The van der Waals surface area contributed by atoms with E-state index in [1.165, 1.54) is 35.3 Å². The molecule has 2 aliphatic rings. The van der Waals surface area contributed by atoms with Crippen molar-refractivity contribution in [1.29, 1.82) is 0 Å². The summed E-state index contributed by atoms with van der Waals surface area (Å²) in [5.74, 6) is -2.94. The maximum Gasteiger partial charge on any atom is 0.352 e. The van der Waals surface area contributed by atoms with Crippen molar-refractivity contribution in [2.75, 3.05) is 11.5 Å². The van der Waals surface area contributed by atoms with Crippen LogP contribution in [-0.2, 0) is 32.6 Å². The minimum absolute atomic E-state index is 0.0823. The van der Waals surface area contributed by atoms with Gasteiger partial charge in [-0.05, 0) is 18.1 Å². The van der Waals surface area contributed by atoms with Crippen LogP contribution in [0, 0.1) is 0 Å². The van der Waals surface area contributed by atoms with Gasteiger partial charge in [0.1, 0.15) is 28.9 Å². The molecule has 2 unspecified atom stereocenters. The Morgan fingerprint density at radius 1 is 1.23 bits per heavy atom. The molecular weight excluding hydrogens is 494 g/mol. The van der Waals surface area contributed by atoms with Gasteiger partial charge < -0.3 is 20.1 Å². The zero-order valence-corrected chi connectivity index (χ0v) is 20.5. The third-order valence-corrected chi connectivity index (χ3v) is 8.22. The van der Waals surface area contributed by atoms with Crippen molar-refractivity contribution >= 4 is 47.3 Å². The number of benzene rings is 1. The fourth-order valence-electron chi connectivity index (χ4n) is 3.89. The lowest BCUT2D eigenvalue weighted by Gasteiger charge is -2.49. The molecular formula is C22H23N5O6S2. The first kappa shape index (κ1) is 24.8. The normalized spacial score (nSPS) is 20.2. The Balaban J connectivity index is 1.44. The van der Waals surface area contributed by atoms with Crippen LogP contribution in [0.5, 0.6) is 0 Å². The van der Waals surface area contributed by atoms with E-state index in [0.717, 1.165) is 5.56 Å². The largest absolute Gasteiger partial charge is 0.481 e. The molecule has 4 rings (SSSR count). The fourth-order valence-corrected chi connectivity index (χ4v) is 6.29. The van der Waals surface area contributed by atoms with E-state index in [1.54, 1.807) is 11.6 Å². The molecule has 0 aliphatic carbocycles. The van der Waals surface area contributed by atoms with Crippen molar-refractivity contribution in [2.24, 2.45) is 7.05 Å². The van der Waals surface area contributed by atoms with Crippen molar-refractivity contribution in [3.8, 4) is 0 Å². The Kier molecular flexibility index (Phi) is 7.17. The van der Waals surface area contributed by atoms with E-state index in [-0.39, 0.29) is 29.6 Å². The van der Waals surface area contributed by atoms with Crippen LogP contribution >= 0.6 is 23.5 Å². The number of aromatic nitrogens is 3. The minimum Gasteiger partial charge on any atom is -0.481 e. The van der Waals surface area contributed by atoms with Crippen LogP contribution in [0.1, 0.15) is 24.2 Å². The van der Waals surface area contributed by atoms with E-state index >= 15 is 0 Å². The molecule has 1 fully saturated rings. The summed E-state index contributed by atoms with van der Waals surface area (Å²) in [5, 5.41) is 29.7. The number of thioether (sulfide) groups is 2. The number of aliphatic carboxylic acids is 2. The Morgan fingerprint density at radius 3 is 2.60 bits per heavy atom. The van der Waals surface area contributed by atoms with Crippen LogP contribution in [0.3, 0.4) is 0 Å². The number of carboxylic acids is 2. The number of β-lactam (4-membered cyclic amide) rings is 1. The first-order chi connectivity index (χ1) is 16.7. The molecule has 0 spiro atoms. The second-order valence-electron chi connectivity index (χ2n) is 8.12. The number of carbonyl (C=O) groups excluding carboxylic acids is 2. The molecule has 3 heterocycles. The topological polar surface area (TPSA) is 155 Å². The second kappa shape index (κ2) is 10.1. The highest BCUT2D eigenvalue weighted by molar-refractivity contribution is 8.01. The van der Waals surface area contributed by atoms with Gasteiger partial charge in [0.2, 0.25) is 5.91 Å². The van der Waals surface area contributed by atoms with Gasteiger partial charge >= 0.3 is 11.9 Å². The van der Waals surface area contributed by atoms with Crippen LogP contribution in [0.2, 0.25) is 0 Å². The van der Waals surface area contributed by atoms with Gasteiger partial charge in [-0.3, -0.25) is 19.3 Å². The Morgan fingerprint density at radius 2 is 1.94 bits per heavy atom. The van der Waals surface area contributed by atoms with Gasteiger partial charge in [-0.25, -0.2) is 4.79 Å². The molecule has 3 N–H and O–H groups in total. The highest BCUT2D eigenvalue weighted by Gasteiger charge is 2.54. The number of nitrogens with one attached hydrogen (secondary N) is 1. The molecule has 1 saturated heterocycles. The summed E-state index contributed by atoms with van der Waals surface area (Å²) < 4.78 is 1.57. The molecule has 1 aromatic heterocycles. The molecule has 11 nitrogen and oxygen atoms in total. The first-order valence-electron chi connectivity index (χ1n) is 10.7. The molecule has 0 radical (unpaired) electrons. The van der Waals surface area contributed by atoms with E-state index in [9.17, 15) is 29.4 Å². The summed E-state index contributed by atoms with van der Waals surface area (Å²) in [6, 6.07) is 8.37. The Labute approximate surface area is 209 Å². The summed E-state index contributed by atoms with van der Waals surface area (Å²) in [6.07, 6.45) is 0.131. The molecule has 1 aromatic carbocycles. The van der Waals surface area contributed by atoms with Gasteiger partial charge in [-0.2, -0.15) is 0 Å². The number of nitrogens with zero attached hydrogens (tertiary/aromatic N) is 4. The molecule has 0 saturated carbocycles. The van der Waals surface area contributed by atoms with Crippen molar-refractivity contribution in [1.82, 2.24) is 25.0 Å². The predicted octanol–water partition coefficient (Wildman–Crippen LogP) is 1.08. The van der Waals surface area contributed by atoms with E-state index < -0.39 is 35.2 Å². The van der Waals surface area contributed by atoms with Crippen molar-refractivity contribution in [3.63, 3.8) is 0 Å². The molecule has 2 aliphatic heterocycles. The molecule has 2 amide bonds. The van der Waals surface area contributed by atoms with Crippen LogP contribution in [0.15, 0.2) is 46.8 Å². The molecule has 0 bridgehead atoms. The molecule has 2 aromatic rings. The zero-order chi connectivity index (χ0) is 25.3. The number of carbonyl (C=O) groups is 4. The summed E-state index contributed by atoms with van der Waals surface area (Å²) in [7, 11) is 1.65. The van der Waals surface area contributed by atoms with E-state index in [4.69, 9.17) is 0 Å². The molecule has 35 heavy (non-hydrogen) atoms.